The van der Waals surface area contributed by atoms with Crippen LogP contribution in [0, 0.1) is 0 Å². The van der Waals surface area contributed by atoms with Crippen LogP contribution in [0.4, 0.5) is 4.79 Å². The molecule has 1 amide bonds. The lowest BCUT2D eigenvalue weighted by Gasteiger charge is -2.20. The van der Waals surface area contributed by atoms with E-state index >= 15 is 0 Å². The second-order valence-corrected chi connectivity index (χ2v) is 4.99. The number of hydrogen-bond acceptors (Lipinski definition) is 2. The Morgan fingerprint density at radius 2 is 2.19 bits per heavy atom. The highest BCUT2D eigenvalue weighted by Gasteiger charge is 2.28. The summed E-state index contributed by atoms with van der Waals surface area (Å²) in [4.78, 5) is 13.7. The van der Waals surface area contributed by atoms with Gasteiger partial charge in [0.15, 0.2) is 0 Å². The Morgan fingerprint density at radius 1 is 1.44 bits per heavy atom. The Hall–Kier alpha value is -1.16. The van der Waals surface area contributed by atoms with Crippen molar-refractivity contribution in [1.29, 1.82) is 0 Å². The van der Waals surface area contributed by atoms with E-state index in [9.17, 15) is 4.79 Å². The minimum absolute atomic E-state index is 0.183. The third-order valence-electron chi connectivity index (χ3n) is 2.81. The maximum absolute atomic E-state index is 10.9. The van der Waals surface area contributed by atoms with Crippen LogP contribution in [-0.4, -0.2) is 34.4 Å². The molecule has 1 aromatic carbocycles. The minimum atomic E-state index is -0.781. The molecule has 0 aliphatic carbocycles. The Morgan fingerprint density at radius 3 is 2.88 bits per heavy atom. The molecule has 0 radical (unpaired) electrons. The zero-order valence-electron chi connectivity index (χ0n) is 9.00. The largest absolute Gasteiger partial charge is 0.465 e. The third kappa shape index (κ3) is 2.70. The summed E-state index contributed by atoms with van der Waals surface area (Å²) < 4.78 is 0. The summed E-state index contributed by atoms with van der Waals surface area (Å²) in [5, 5.41) is 9.00. The van der Waals surface area contributed by atoms with Crippen LogP contribution < -0.4 is 0 Å². The first-order valence-electron chi connectivity index (χ1n) is 5.45. The van der Waals surface area contributed by atoms with E-state index < -0.39 is 6.09 Å². The van der Waals surface area contributed by atoms with E-state index in [0.717, 1.165) is 18.6 Å². The predicted octanol–water partition coefficient (Wildman–Crippen LogP) is 2.92. The number of amides is 1. The third-order valence-corrected chi connectivity index (χ3v) is 3.97. The number of hydrogen-bond donors (Lipinski definition) is 1. The van der Waals surface area contributed by atoms with Gasteiger partial charge in [-0.25, -0.2) is 4.79 Å². The van der Waals surface area contributed by atoms with Gasteiger partial charge in [-0.15, -0.1) is 11.8 Å². The number of nitrogens with zero attached hydrogens (tertiary/aromatic N) is 1. The Kier molecular flexibility index (Phi) is 3.72. The Bertz CT molecular complexity index is 355. The SMILES string of the molecule is O=C(O)N1CCCC1CSc1ccccc1. The molecule has 0 saturated carbocycles. The lowest BCUT2D eigenvalue weighted by Crippen LogP contribution is -2.35. The molecule has 16 heavy (non-hydrogen) atoms. The van der Waals surface area contributed by atoms with Gasteiger partial charge in [0.2, 0.25) is 0 Å². The molecule has 3 nitrogen and oxygen atoms in total. The van der Waals surface area contributed by atoms with Crippen molar-refractivity contribution in [2.45, 2.75) is 23.8 Å². The number of carboxylic acid groups (broad SMARTS) is 1. The molecule has 1 aromatic rings. The highest BCUT2D eigenvalue weighted by Crippen LogP contribution is 2.25. The second kappa shape index (κ2) is 5.25. The minimum Gasteiger partial charge on any atom is -0.465 e. The summed E-state index contributed by atoms with van der Waals surface area (Å²) in [5.41, 5.74) is 0. The summed E-state index contributed by atoms with van der Waals surface area (Å²) >= 11 is 1.73. The number of likely N-dealkylation sites (tertiary alicyclic amines) is 1. The maximum Gasteiger partial charge on any atom is 0.407 e. The molecule has 1 aliphatic heterocycles. The molecule has 0 spiro atoms. The van der Waals surface area contributed by atoms with Gasteiger partial charge < -0.3 is 10.0 Å². The van der Waals surface area contributed by atoms with Crippen LogP contribution in [0.2, 0.25) is 0 Å². The fraction of sp³-hybridized carbons (Fsp3) is 0.417. The topological polar surface area (TPSA) is 40.5 Å². The van der Waals surface area contributed by atoms with Crippen molar-refractivity contribution in [1.82, 2.24) is 4.90 Å². The predicted molar refractivity (Wildman–Crippen MR) is 64.9 cm³/mol. The molecule has 0 bridgehead atoms. The maximum atomic E-state index is 10.9. The van der Waals surface area contributed by atoms with Crippen LogP contribution in [0.25, 0.3) is 0 Å². The molecule has 1 unspecified atom stereocenters. The molecular weight excluding hydrogens is 222 g/mol. The summed E-state index contributed by atoms with van der Waals surface area (Å²) in [5.74, 6) is 0.857. The first-order chi connectivity index (χ1) is 7.77. The lowest BCUT2D eigenvalue weighted by molar-refractivity contribution is 0.144. The van der Waals surface area contributed by atoms with Gasteiger partial charge in [-0.2, -0.15) is 0 Å². The van der Waals surface area contributed by atoms with Gasteiger partial charge in [-0.1, -0.05) is 18.2 Å². The van der Waals surface area contributed by atoms with Gasteiger partial charge in [0.1, 0.15) is 0 Å². The van der Waals surface area contributed by atoms with E-state index in [1.807, 2.05) is 18.2 Å². The molecule has 1 fully saturated rings. The van der Waals surface area contributed by atoms with Crippen LogP contribution >= 0.6 is 11.8 Å². The standard InChI is InChI=1S/C12H15NO2S/c14-12(15)13-8-4-5-10(13)9-16-11-6-2-1-3-7-11/h1-3,6-7,10H,4-5,8-9H2,(H,14,15). The molecule has 1 saturated heterocycles. The highest BCUT2D eigenvalue weighted by atomic mass is 32.2. The van der Waals surface area contributed by atoms with Crippen LogP contribution in [0.5, 0.6) is 0 Å². The second-order valence-electron chi connectivity index (χ2n) is 3.90. The van der Waals surface area contributed by atoms with E-state index in [0.29, 0.717) is 6.54 Å². The Labute approximate surface area is 99.5 Å². The van der Waals surface area contributed by atoms with Crippen molar-refractivity contribution in [2.24, 2.45) is 0 Å². The quantitative estimate of drug-likeness (QED) is 0.822. The molecule has 1 N–H and O–H groups in total. The molecule has 1 aliphatic rings. The van der Waals surface area contributed by atoms with Crippen molar-refractivity contribution in [3.8, 4) is 0 Å². The molecule has 86 valence electrons. The summed E-state index contributed by atoms with van der Waals surface area (Å²) in [6.07, 6.45) is 1.20. The van der Waals surface area contributed by atoms with Gasteiger partial charge in [-0.3, -0.25) is 0 Å². The van der Waals surface area contributed by atoms with Gasteiger partial charge >= 0.3 is 6.09 Å². The monoisotopic (exact) mass is 237 g/mol. The molecule has 2 rings (SSSR count). The lowest BCUT2D eigenvalue weighted by atomic mass is 10.2. The van der Waals surface area contributed by atoms with Crippen LogP contribution in [0.15, 0.2) is 35.2 Å². The molecule has 1 heterocycles. The molecule has 1 atom stereocenters. The normalized spacial score (nSPS) is 20.0. The summed E-state index contributed by atoms with van der Waals surface area (Å²) in [6.45, 7) is 0.690. The molecular formula is C12H15NO2S. The van der Waals surface area contributed by atoms with Gasteiger partial charge in [0, 0.05) is 23.2 Å². The van der Waals surface area contributed by atoms with Gasteiger partial charge in [0.25, 0.3) is 0 Å². The zero-order valence-corrected chi connectivity index (χ0v) is 9.82. The van der Waals surface area contributed by atoms with E-state index in [1.165, 1.54) is 4.90 Å². The van der Waals surface area contributed by atoms with Gasteiger partial charge in [-0.05, 0) is 25.0 Å². The van der Waals surface area contributed by atoms with E-state index in [2.05, 4.69) is 12.1 Å². The van der Waals surface area contributed by atoms with E-state index in [-0.39, 0.29) is 6.04 Å². The summed E-state index contributed by atoms with van der Waals surface area (Å²) in [7, 11) is 0. The van der Waals surface area contributed by atoms with Crippen molar-refractivity contribution < 1.29 is 9.90 Å². The van der Waals surface area contributed by atoms with Crippen LogP contribution in [0.1, 0.15) is 12.8 Å². The summed E-state index contributed by atoms with van der Waals surface area (Å²) in [6, 6.07) is 10.3. The fourth-order valence-electron chi connectivity index (χ4n) is 1.97. The average molecular weight is 237 g/mol. The molecule has 4 heteroatoms. The number of carbonyl (C=O) groups is 1. The van der Waals surface area contributed by atoms with Crippen LogP contribution in [-0.2, 0) is 0 Å². The smallest absolute Gasteiger partial charge is 0.407 e. The van der Waals surface area contributed by atoms with Crippen molar-refractivity contribution in [3.05, 3.63) is 30.3 Å². The number of rotatable bonds is 3. The van der Waals surface area contributed by atoms with E-state index in [4.69, 9.17) is 5.11 Å². The van der Waals surface area contributed by atoms with Crippen molar-refractivity contribution >= 4 is 17.9 Å². The number of benzene rings is 1. The average Bonchev–Trinajstić information content (AvgIpc) is 2.76. The fourth-order valence-corrected chi connectivity index (χ4v) is 3.05. The zero-order chi connectivity index (χ0) is 11.4. The first-order valence-corrected chi connectivity index (χ1v) is 6.43. The molecule has 0 aromatic heterocycles. The first kappa shape index (κ1) is 11.3. The van der Waals surface area contributed by atoms with E-state index in [1.54, 1.807) is 16.7 Å². The number of thioether (sulfide) groups is 1. The Balaban J connectivity index is 1.88. The van der Waals surface area contributed by atoms with Crippen molar-refractivity contribution in [2.75, 3.05) is 12.3 Å². The van der Waals surface area contributed by atoms with Gasteiger partial charge in [0.05, 0.1) is 0 Å². The van der Waals surface area contributed by atoms with Crippen LogP contribution in [0.3, 0.4) is 0 Å². The highest BCUT2D eigenvalue weighted by molar-refractivity contribution is 7.99. The van der Waals surface area contributed by atoms with Crippen molar-refractivity contribution in [3.63, 3.8) is 0 Å².